The molecule has 0 saturated heterocycles. The number of aliphatic hydroxyl groups excluding tert-OH is 1. The standard InChI is InChI=1S/C12H17ClN2O2/c1-14(2)11(17)7-15(3)12-9(8-16)5-4-6-10(12)13/h4-6,16H,7-8H2,1-3H3. The zero-order chi connectivity index (χ0) is 13.0. The lowest BCUT2D eigenvalue weighted by atomic mass is 10.1. The maximum atomic E-state index is 11.6. The zero-order valence-corrected chi connectivity index (χ0v) is 11.0. The molecule has 1 aromatic carbocycles. The second kappa shape index (κ2) is 5.89. The molecule has 4 nitrogen and oxygen atoms in total. The summed E-state index contributed by atoms with van der Waals surface area (Å²) in [5.41, 5.74) is 1.42. The molecule has 0 aliphatic carbocycles. The number of amides is 1. The van der Waals surface area contributed by atoms with Crippen LogP contribution in [0.4, 0.5) is 5.69 Å². The van der Waals surface area contributed by atoms with Crippen molar-refractivity contribution in [2.24, 2.45) is 0 Å². The number of carbonyl (C=O) groups excluding carboxylic acids is 1. The predicted octanol–water partition coefficient (Wildman–Crippen LogP) is 1.36. The van der Waals surface area contributed by atoms with Crippen molar-refractivity contribution in [3.8, 4) is 0 Å². The van der Waals surface area contributed by atoms with Crippen LogP contribution in [0.1, 0.15) is 5.56 Å². The van der Waals surface area contributed by atoms with Crippen molar-refractivity contribution in [2.45, 2.75) is 6.61 Å². The Hall–Kier alpha value is -1.26. The van der Waals surface area contributed by atoms with Crippen LogP contribution in [-0.2, 0) is 11.4 Å². The van der Waals surface area contributed by atoms with Gasteiger partial charge in [0.1, 0.15) is 0 Å². The van der Waals surface area contributed by atoms with Gasteiger partial charge in [-0.15, -0.1) is 0 Å². The number of hydrogen-bond donors (Lipinski definition) is 1. The second-order valence-corrected chi connectivity index (χ2v) is 4.46. The van der Waals surface area contributed by atoms with Crippen molar-refractivity contribution in [3.63, 3.8) is 0 Å². The van der Waals surface area contributed by atoms with Crippen LogP contribution >= 0.6 is 11.6 Å². The highest BCUT2D eigenvalue weighted by atomic mass is 35.5. The number of aliphatic hydroxyl groups is 1. The fraction of sp³-hybridized carbons (Fsp3) is 0.417. The first-order chi connectivity index (χ1) is 7.97. The summed E-state index contributed by atoms with van der Waals surface area (Å²) < 4.78 is 0. The van der Waals surface area contributed by atoms with Crippen molar-refractivity contribution >= 4 is 23.2 Å². The van der Waals surface area contributed by atoms with Crippen LogP contribution in [0.25, 0.3) is 0 Å². The van der Waals surface area contributed by atoms with E-state index in [0.29, 0.717) is 16.3 Å². The summed E-state index contributed by atoms with van der Waals surface area (Å²) in [6.45, 7) is 0.125. The van der Waals surface area contributed by atoms with Crippen LogP contribution in [0.5, 0.6) is 0 Å². The fourth-order valence-corrected chi connectivity index (χ4v) is 1.88. The Labute approximate surface area is 106 Å². The summed E-state index contributed by atoms with van der Waals surface area (Å²) in [4.78, 5) is 14.9. The van der Waals surface area contributed by atoms with E-state index in [1.807, 2.05) is 0 Å². The maximum Gasteiger partial charge on any atom is 0.241 e. The number of benzene rings is 1. The fourth-order valence-electron chi connectivity index (χ4n) is 1.54. The van der Waals surface area contributed by atoms with E-state index in [4.69, 9.17) is 11.6 Å². The van der Waals surface area contributed by atoms with E-state index in [-0.39, 0.29) is 19.1 Å². The Balaban J connectivity index is 2.95. The molecule has 0 aliphatic rings. The van der Waals surface area contributed by atoms with Gasteiger partial charge >= 0.3 is 0 Å². The number of nitrogens with zero attached hydrogens (tertiary/aromatic N) is 2. The third kappa shape index (κ3) is 3.35. The largest absolute Gasteiger partial charge is 0.392 e. The molecule has 1 aromatic rings. The van der Waals surface area contributed by atoms with Crippen molar-refractivity contribution in [1.82, 2.24) is 4.90 Å². The van der Waals surface area contributed by atoms with Crippen molar-refractivity contribution in [3.05, 3.63) is 28.8 Å². The molecule has 0 bridgehead atoms. The third-order valence-corrected chi connectivity index (χ3v) is 2.80. The molecule has 0 aliphatic heterocycles. The predicted molar refractivity (Wildman–Crippen MR) is 69.3 cm³/mol. The molecule has 0 radical (unpaired) electrons. The van der Waals surface area contributed by atoms with Gasteiger partial charge < -0.3 is 14.9 Å². The smallest absolute Gasteiger partial charge is 0.241 e. The first kappa shape index (κ1) is 13.8. The number of hydrogen-bond acceptors (Lipinski definition) is 3. The molecule has 1 rings (SSSR count). The molecular weight excluding hydrogens is 240 g/mol. The summed E-state index contributed by atoms with van der Waals surface area (Å²) >= 11 is 6.09. The Bertz CT molecular complexity index is 407. The van der Waals surface area contributed by atoms with Gasteiger partial charge in [-0.05, 0) is 6.07 Å². The van der Waals surface area contributed by atoms with E-state index in [0.717, 1.165) is 0 Å². The molecule has 0 fully saturated rings. The average molecular weight is 257 g/mol. The van der Waals surface area contributed by atoms with E-state index >= 15 is 0 Å². The van der Waals surface area contributed by atoms with Gasteiger partial charge in [0.2, 0.25) is 5.91 Å². The van der Waals surface area contributed by atoms with E-state index in [2.05, 4.69) is 0 Å². The number of halogens is 1. The molecule has 0 atom stereocenters. The third-order valence-electron chi connectivity index (χ3n) is 2.49. The molecule has 94 valence electrons. The molecule has 0 heterocycles. The van der Waals surface area contributed by atoms with Gasteiger partial charge in [0.15, 0.2) is 0 Å². The molecule has 5 heteroatoms. The van der Waals surface area contributed by atoms with E-state index < -0.39 is 0 Å². The Morgan fingerprint density at radius 1 is 1.35 bits per heavy atom. The summed E-state index contributed by atoms with van der Waals surface area (Å²) in [5.74, 6) is -0.0173. The molecule has 1 amide bonds. The Morgan fingerprint density at radius 2 is 2.00 bits per heavy atom. The molecule has 0 saturated carbocycles. The highest BCUT2D eigenvalue weighted by molar-refractivity contribution is 6.33. The minimum atomic E-state index is -0.101. The second-order valence-electron chi connectivity index (χ2n) is 4.05. The number of para-hydroxylation sites is 1. The van der Waals surface area contributed by atoms with Gasteiger partial charge in [0.05, 0.1) is 23.9 Å². The summed E-state index contributed by atoms with van der Waals surface area (Å²) in [6.07, 6.45) is 0. The topological polar surface area (TPSA) is 43.8 Å². The lowest BCUT2D eigenvalue weighted by Crippen LogP contribution is -2.34. The van der Waals surface area contributed by atoms with Gasteiger partial charge in [-0.1, -0.05) is 23.7 Å². The summed E-state index contributed by atoms with van der Waals surface area (Å²) in [7, 11) is 5.19. The molecule has 0 spiro atoms. The Kier molecular flexibility index (Phi) is 4.78. The molecule has 1 N–H and O–H groups in total. The monoisotopic (exact) mass is 256 g/mol. The molecule has 0 unspecified atom stereocenters. The van der Waals surface area contributed by atoms with E-state index in [1.54, 1.807) is 44.2 Å². The summed E-state index contributed by atoms with van der Waals surface area (Å²) in [5, 5.41) is 9.79. The van der Waals surface area contributed by atoms with Gasteiger partial charge in [-0.2, -0.15) is 0 Å². The van der Waals surface area contributed by atoms with Crippen LogP contribution in [0.15, 0.2) is 18.2 Å². The average Bonchev–Trinajstić information content (AvgIpc) is 2.27. The maximum absolute atomic E-state index is 11.6. The van der Waals surface area contributed by atoms with Crippen molar-refractivity contribution in [1.29, 1.82) is 0 Å². The molecular formula is C12H17ClN2O2. The highest BCUT2D eigenvalue weighted by Crippen LogP contribution is 2.29. The quantitative estimate of drug-likeness (QED) is 0.885. The normalized spacial score (nSPS) is 10.2. The van der Waals surface area contributed by atoms with Gasteiger partial charge in [-0.3, -0.25) is 4.79 Å². The minimum absolute atomic E-state index is 0.0173. The van der Waals surface area contributed by atoms with Crippen molar-refractivity contribution < 1.29 is 9.90 Å². The van der Waals surface area contributed by atoms with Crippen LogP contribution in [0.3, 0.4) is 0 Å². The first-order valence-corrected chi connectivity index (χ1v) is 5.64. The lowest BCUT2D eigenvalue weighted by Gasteiger charge is -2.24. The SMILES string of the molecule is CN(C)C(=O)CN(C)c1c(Cl)cccc1CO. The van der Waals surface area contributed by atoms with Crippen molar-refractivity contribution in [2.75, 3.05) is 32.6 Å². The first-order valence-electron chi connectivity index (χ1n) is 5.27. The molecule has 0 aromatic heterocycles. The van der Waals surface area contributed by atoms with Gasteiger partial charge in [-0.25, -0.2) is 0 Å². The minimum Gasteiger partial charge on any atom is -0.392 e. The number of carbonyl (C=O) groups is 1. The van der Waals surface area contributed by atoms with Gasteiger partial charge in [0.25, 0.3) is 0 Å². The van der Waals surface area contributed by atoms with Crippen LogP contribution in [-0.4, -0.2) is 43.6 Å². The summed E-state index contributed by atoms with van der Waals surface area (Å²) in [6, 6.07) is 5.31. The Morgan fingerprint density at radius 3 is 2.53 bits per heavy atom. The van der Waals surface area contributed by atoms with Crippen LogP contribution in [0, 0.1) is 0 Å². The number of rotatable bonds is 4. The number of anilines is 1. The number of likely N-dealkylation sites (N-methyl/N-ethyl adjacent to an activating group) is 2. The van der Waals surface area contributed by atoms with E-state index in [9.17, 15) is 9.90 Å². The highest BCUT2D eigenvalue weighted by Gasteiger charge is 2.14. The zero-order valence-electron chi connectivity index (χ0n) is 10.3. The van der Waals surface area contributed by atoms with Crippen LogP contribution in [0.2, 0.25) is 5.02 Å². The van der Waals surface area contributed by atoms with E-state index in [1.165, 1.54) is 4.90 Å². The van der Waals surface area contributed by atoms with Gasteiger partial charge in [0, 0.05) is 26.7 Å². The molecule has 17 heavy (non-hydrogen) atoms. The lowest BCUT2D eigenvalue weighted by molar-refractivity contribution is -0.127. The van der Waals surface area contributed by atoms with Crippen LogP contribution < -0.4 is 4.90 Å².